The summed E-state index contributed by atoms with van der Waals surface area (Å²) in [6.07, 6.45) is 0.991. The number of benzene rings is 2. The molecular formula is C19H16ClN3O5S2. The van der Waals surface area contributed by atoms with E-state index in [0.29, 0.717) is 16.5 Å². The fraction of sp³-hybridized carbons (Fsp3) is 0.105. The summed E-state index contributed by atoms with van der Waals surface area (Å²) < 4.78 is 30.2. The lowest BCUT2D eigenvalue weighted by molar-refractivity contribution is -0.113. The van der Waals surface area contributed by atoms with Crippen molar-refractivity contribution in [3.05, 3.63) is 70.1 Å². The van der Waals surface area contributed by atoms with Gasteiger partial charge in [-0.3, -0.25) is 9.59 Å². The topological polar surface area (TPSA) is 118 Å². The number of sulfone groups is 1. The Hall–Kier alpha value is -2.82. The first-order chi connectivity index (χ1) is 14.3. The van der Waals surface area contributed by atoms with Gasteiger partial charge in [-0.15, -0.1) is 0 Å². The molecule has 0 saturated carbocycles. The van der Waals surface area contributed by atoms with Gasteiger partial charge in [0.05, 0.1) is 29.0 Å². The number of aromatic amines is 1. The molecule has 0 radical (unpaired) electrons. The molecule has 0 fully saturated rings. The highest BCUT2D eigenvalue weighted by molar-refractivity contribution is 7.99. The normalized spacial score (nSPS) is 11.1. The monoisotopic (exact) mass is 465 g/mol. The predicted molar refractivity (Wildman–Crippen MR) is 114 cm³/mol. The molecule has 156 valence electrons. The largest absolute Gasteiger partial charge is 0.495 e. The Balaban J connectivity index is 1.67. The van der Waals surface area contributed by atoms with Gasteiger partial charge in [0, 0.05) is 5.69 Å². The van der Waals surface area contributed by atoms with Crippen molar-refractivity contribution < 1.29 is 17.9 Å². The molecule has 0 saturated heterocycles. The van der Waals surface area contributed by atoms with Crippen LogP contribution in [-0.2, 0) is 14.6 Å². The van der Waals surface area contributed by atoms with Gasteiger partial charge in [-0.1, -0.05) is 41.6 Å². The number of thioether (sulfide) groups is 1. The Morgan fingerprint density at radius 3 is 2.60 bits per heavy atom. The summed E-state index contributed by atoms with van der Waals surface area (Å²) in [4.78, 5) is 30.3. The maximum absolute atomic E-state index is 12.6. The predicted octanol–water partition coefficient (Wildman–Crippen LogP) is 3.00. The molecule has 2 N–H and O–H groups in total. The molecule has 11 heteroatoms. The maximum atomic E-state index is 12.6. The van der Waals surface area contributed by atoms with Gasteiger partial charge in [0.2, 0.25) is 15.7 Å². The second kappa shape index (κ2) is 9.33. The number of ether oxygens (including phenoxy) is 1. The Morgan fingerprint density at radius 1 is 1.23 bits per heavy atom. The van der Waals surface area contributed by atoms with Crippen molar-refractivity contribution in [3.8, 4) is 5.75 Å². The number of amides is 1. The van der Waals surface area contributed by atoms with E-state index in [9.17, 15) is 18.0 Å². The van der Waals surface area contributed by atoms with Gasteiger partial charge >= 0.3 is 0 Å². The third-order valence-corrected chi connectivity index (χ3v) is 6.81. The maximum Gasteiger partial charge on any atom is 0.270 e. The average molecular weight is 466 g/mol. The quantitative estimate of drug-likeness (QED) is 0.406. The first-order valence-electron chi connectivity index (χ1n) is 8.47. The van der Waals surface area contributed by atoms with Gasteiger partial charge in [0.25, 0.3) is 5.56 Å². The van der Waals surface area contributed by atoms with E-state index in [4.69, 9.17) is 16.3 Å². The van der Waals surface area contributed by atoms with Gasteiger partial charge in [0.15, 0.2) is 10.1 Å². The summed E-state index contributed by atoms with van der Waals surface area (Å²) >= 11 is 6.98. The fourth-order valence-electron chi connectivity index (χ4n) is 2.43. The first kappa shape index (κ1) is 21.9. The molecule has 0 bridgehead atoms. The molecule has 0 unspecified atom stereocenters. The number of hydrogen-bond donors (Lipinski definition) is 2. The molecule has 8 nitrogen and oxygen atoms in total. The molecule has 0 spiro atoms. The fourth-order valence-corrected chi connectivity index (χ4v) is 4.58. The van der Waals surface area contributed by atoms with Crippen LogP contribution in [0, 0.1) is 0 Å². The van der Waals surface area contributed by atoms with Crippen molar-refractivity contribution >= 4 is 44.8 Å². The van der Waals surface area contributed by atoms with Crippen LogP contribution in [0.2, 0.25) is 5.02 Å². The number of halogens is 1. The Labute approximate surface area is 181 Å². The Morgan fingerprint density at radius 2 is 1.97 bits per heavy atom. The van der Waals surface area contributed by atoms with E-state index in [1.807, 2.05) is 0 Å². The van der Waals surface area contributed by atoms with Crippen LogP contribution in [0.25, 0.3) is 0 Å². The number of H-pyrrole nitrogens is 1. The molecule has 2 aromatic carbocycles. The standard InChI is InChI=1S/C19H16ClN3O5S2/c1-28-15-8-7-12(9-14(15)20)22-17(24)11-29-19-21-10-16(18(25)23-19)30(26,27)13-5-3-2-4-6-13/h2-10H,11H2,1H3,(H,22,24)(H,21,23,25). The molecule has 0 aliphatic rings. The van der Waals surface area contributed by atoms with Crippen LogP contribution >= 0.6 is 23.4 Å². The van der Waals surface area contributed by atoms with E-state index in [0.717, 1.165) is 18.0 Å². The average Bonchev–Trinajstić information content (AvgIpc) is 2.73. The Bertz CT molecular complexity index is 1230. The summed E-state index contributed by atoms with van der Waals surface area (Å²) in [5, 5.41) is 3.13. The van der Waals surface area contributed by atoms with Crippen molar-refractivity contribution in [2.24, 2.45) is 0 Å². The van der Waals surface area contributed by atoms with E-state index >= 15 is 0 Å². The number of nitrogens with zero attached hydrogens (tertiary/aromatic N) is 1. The van der Waals surface area contributed by atoms with Gasteiger partial charge in [0.1, 0.15) is 5.75 Å². The number of hydrogen-bond acceptors (Lipinski definition) is 7. The molecule has 1 aromatic heterocycles. The molecular weight excluding hydrogens is 450 g/mol. The number of rotatable bonds is 7. The minimum atomic E-state index is -3.99. The lowest BCUT2D eigenvalue weighted by Gasteiger charge is -2.08. The number of aromatic nitrogens is 2. The van der Waals surface area contributed by atoms with Crippen LogP contribution in [0.15, 0.2) is 74.5 Å². The molecule has 30 heavy (non-hydrogen) atoms. The molecule has 3 aromatic rings. The highest BCUT2D eigenvalue weighted by Crippen LogP contribution is 2.27. The van der Waals surface area contributed by atoms with Gasteiger partial charge in [-0.25, -0.2) is 13.4 Å². The zero-order valence-electron chi connectivity index (χ0n) is 15.6. The minimum Gasteiger partial charge on any atom is -0.495 e. The van der Waals surface area contributed by atoms with Crippen molar-refractivity contribution in [3.63, 3.8) is 0 Å². The SMILES string of the molecule is COc1ccc(NC(=O)CSc2ncc(S(=O)(=O)c3ccccc3)c(=O)[nH]2)cc1Cl. The number of carbonyl (C=O) groups excluding carboxylic acids is 1. The summed E-state index contributed by atoms with van der Waals surface area (Å²) in [5.74, 6) is 0.0680. The summed E-state index contributed by atoms with van der Waals surface area (Å²) in [6, 6.07) is 12.4. The number of carbonyl (C=O) groups is 1. The molecule has 0 aliphatic heterocycles. The summed E-state index contributed by atoms with van der Waals surface area (Å²) in [5.41, 5.74) is -0.323. The third kappa shape index (κ3) is 5.02. The van der Waals surface area contributed by atoms with Crippen LogP contribution in [0.5, 0.6) is 5.75 Å². The molecule has 1 heterocycles. The molecule has 0 atom stereocenters. The zero-order valence-corrected chi connectivity index (χ0v) is 18.0. The van der Waals surface area contributed by atoms with E-state index in [1.54, 1.807) is 36.4 Å². The van der Waals surface area contributed by atoms with Crippen molar-refractivity contribution in [1.29, 1.82) is 0 Å². The third-order valence-electron chi connectivity index (χ3n) is 3.86. The summed E-state index contributed by atoms with van der Waals surface area (Å²) in [6.45, 7) is 0. The van der Waals surface area contributed by atoms with Crippen LogP contribution in [0.4, 0.5) is 5.69 Å². The van der Waals surface area contributed by atoms with Crippen LogP contribution in [0.1, 0.15) is 0 Å². The molecule has 0 aliphatic carbocycles. The minimum absolute atomic E-state index is 0.00441. The highest BCUT2D eigenvalue weighted by Gasteiger charge is 2.22. The van der Waals surface area contributed by atoms with Crippen LogP contribution < -0.4 is 15.6 Å². The van der Waals surface area contributed by atoms with Crippen LogP contribution in [0.3, 0.4) is 0 Å². The van der Waals surface area contributed by atoms with E-state index in [2.05, 4.69) is 15.3 Å². The number of methoxy groups -OCH3 is 1. The van der Waals surface area contributed by atoms with Gasteiger partial charge in [-0.2, -0.15) is 0 Å². The van der Waals surface area contributed by atoms with E-state index in [-0.39, 0.29) is 21.7 Å². The van der Waals surface area contributed by atoms with E-state index in [1.165, 1.54) is 19.2 Å². The number of anilines is 1. The lowest BCUT2D eigenvalue weighted by atomic mass is 10.3. The van der Waals surface area contributed by atoms with Gasteiger partial charge in [-0.05, 0) is 30.3 Å². The number of nitrogens with one attached hydrogen (secondary N) is 2. The van der Waals surface area contributed by atoms with Crippen molar-refractivity contribution in [2.45, 2.75) is 14.9 Å². The van der Waals surface area contributed by atoms with E-state index < -0.39 is 20.3 Å². The molecule has 1 amide bonds. The smallest absolute Gasteiger partial charge is 0.270 e. The lowest BCUT2D eigenvalue weighted by Crippen LogP contribution is -2.20. The Kier molecular flexibility index (Phi) is 6.80. The van der Waals surface area contributed by atoms with Crippen LogP contribution in [-0.4, -0.2) is 37.2 Å². The summed E-state index contributed by atoms with van der Waals surface area (Å²) in [7, 11) is -2.50. The van der Waals surface area contributed by atoms with Crippen molar-refractivity contribution in [1.82, 2.24) is 9.97 Å². The zero-order chi connectivity index (χ0) is 21.7. The highest BCUT2D eigenvalue weighted by atomic mass is 35.5. The second-order valence-electron chi connectivity index (χ2n) is 5.88. The van der Waals surface area contributed by atoms with Gasteiger partial charge < -0.3 is 15.0 Å². The second-order valence-corrected chi connectivity index (χ2v) is 9.17. The van der Waals surface area contributed by atoms with Crippen molar-refractivity contribution in [2.75, 3.05) is 18.2 Å². The molecule has 3 rings (SSSR count). The first-order valence-corrected chi connectivity index (χ1v) is 11.3.